The van der Waals surface area contributed by atoms with Crippen LogP contribution in [0, 0.1) is 13.8 Å². The fourth-order valence-corrected chi connectivity index (χ4v) is 4.04. The lowest BCUT2D eigenvalue weighted by Gasteiger charge is -2.23. The van der Waals surface area contributed by atoms with E-state index in [0.29, 0.717) is 30.4 Å². The number of methoxy groups -OCH3 is 1. The van der Waals surface area contributed by atoms with Crippen LogP contribution in [0.15, 0.2) is 4.90 Å². The number of aromatic nitrogens is 2. The normalized spacial score (nSPS) is 13.9. The molecule has 1 aromatic rings. The summed E-state index contributed by atoms with van der Waals surface area (Å²) in [5.74, 6) is 0.519. The van der Waals surface area contributed by atoms with Gasteiger partial charge < -0.3 is 4.74 Å². The Kier molecular flexibility index (Phi) is 6.65. The highest BCUT2D eigenvalue weighted by molar-refractivity contribution is 7.89. The molecule has 0 aliphatic rings. The smallest absolute Gasteiger partial charge is 0.246 e. The van der Waals surface area contributed by atoms with E-state index in [1.807, 2.05) is 6.92 Å². The van der Waals surface area contributed by atoms with Gasteiger partial charge in [0.1, 0.15) is 4.90 Å². The van der Waals surface area contributed by atoms with Gasteiger partial charge in [-0.1, -0.05) is 0 Å². The van der Waals surface area contributed by atoms with Crippen molar-refractivity contribution < 1.29 is 13.2 Å². The number of likely N-dealkylation sites (N-methyl/N-ethyl adjacent to an activating group) is 1. The zero-order chi connectivity index (χ0) is 16.2. The van der Waals surface area contributed by atoms with Gasteiger partial charge in [-0.15, -0.1) is 11.6 Å². The largest absolute Gasteiger partial charge is 0.383 e. The lowest BCUT2D eigenvalue weighted by molar-refractivity contribution is 0.149. The molecule has 1 heterocycles. The average Bonchev–Trinajstić information content (AvgIpc) is 2.70. The molecule has 0 amide bonds. The minimum Gasteiger partial charge on any atom is -0.383 e. The maximum absolute atomic E-state index is 12.8. The quantitative estimate of drug-likeness (QED) is 0.678. The first-order valence-electron chi connectivity index (χ1n) is 6.84. The summed E-state index contributed by atoms with van der Waals surface area (Å²) in [5, 5.41) is 4.32. The summed E-state index contributed by atoms with van der Waals surface area (Å²) in [7, 11) is -0.472. The van der Waals surface area contributed by atoms with Gasteiger partial charge in [0.15, 0.2) is 0 Å². The van der Waals surface area contributed by atoms with Gasteiger partial charge in [-0.3, -0.25) is 4.68 Å². The zero-order valence-corrected chi connectivity index (χ0v) is 14.8. The van der Waals surface area contributed by atoms with Crippen LogP contribution in [0.2, 0.25) is 0 Å². The number of hydrogen-bond acceptors (Lipinski definition) is 4. The molecule has 0 bridgehead atoms. The van der Waals surface area contributed by atoms with Crippen molar-refractivity contribution in [2.45, 2.75) is 44.7 Å². The first kappa shape index (κ1) is 18.4. The number of ether oxygens (including phenoxy) is 1. The predicted molar refractivity (Wildman–Crippen MR) is 83.3 cm³/mol. The van der Waals surface area contributed by atoms with Gasteiger partial charge in [0.05, 0.1) is 18.0 Å². The molecule has 6 nitrogen and oxygen atoms in total. The summed E-state index contributed by atoms with van der Waals surface area (Å²) in [6.07, 6.45) is 0.749. The summed E-state index contributed by atoms with van der Waals surface area (Å²) in [5.41, 5.74) is 1.16. The molecule has 122 valence electrons. The van der Waals surface area contributed by atoms with E-state index >= 15 is 0 Å². The third-order valence-corrected chi connectivity index (χ3v) is 5.98. The Hall–Kier alpha value is -0.630. The standard InChI is InChI=1S/C13H24ClN3O3S/c1-10(9-20-5)16(4)21(18,19)13-11(2)15-17(12(13)3)8-6-7-14/h10H,6-9H2,1-5H3. The Morgan fingerprint density at radius 3 is 2.57 bits per heavy atom. The van der Waals surface area contributed by atoms with Crippen LogP contribution in [0.1, 0.15) is 24.7 Å². The van der Waals surface area contributed by atoms with E-state index in [9.17, 15) is 8.42 Å². The number of aryl methyl sites for hydroxylation is 2. The van der Waals surface area contributed by atoms with Crippen molar-refractivity contribution in [3.63, 3.8) is 0 Å². The van der Waals surface area contributed by atoms with E-state index in [4.69, 9.17) is 16.3 Å². The number of rotatable bonds is 8. The summed E-state index contributed by atoms with van der Waals surface area (Å²) < 4.78 is 33.6. The van der Waals surface area contributed by atoms with Crippen molar-refractivity contribution in [1.29, 1.82) is 0 Å². The number of sulfonamides is 1. The van der Waals surface area contributed by atoms with Crippen molar-refractivity contribution >= 4 is 21.6 Å². The molecule has 0 N–H and O–H groups in total. The Balaban J connectivity index is 3.17. The molecule has 0 aliphatic carbocycles. The van der Waals surface area contributed by atoms with Gasteiger partial charge >= 0.3 is 0 Å². The van der Waals surface area contributed by atoms with Crippen LogP contribution in [0.3, 0.4) is 0 Å². The second-order valence-electron chi connectivity index (χ2n) is 5.09. The molecule has 1 unspecified atom stereocenters. The molecular weight excluding hydrogens is 314 g/mol. The summed E-state index contributed by atoms with van der Waals surface area (Å²) in [6.45, 7) is 6.25. The number of nitrogens with zero attached hydrogens (tertiary/aromatic N) is 3. The Morgan fingerprint density at radius 2 is 2.05 bits per heavy atom. The molecule has 8 heteroatoms. The Labute approximate surface area is 132 Å². The SMILES string of the molecule is COCC(C)N(C)S(=O)(=O)c1c(C)nn(CCCCl)c1C. The minimum atomic E-state index is -3.59. The average molecular weight is 338 g/mol. The maximum atomic E-state index is 12.8. The predicted octanol–water partition coefficient (Wildman–Crippen LogP) is 1.78. The van der Waals surface area contributed by atoms with E-state index < -0.39 is 10.0 Å². The Morgan fingerprint density at radius 1 is 1.43 bits per heavy atom. The van der Waals surface area contributed by atoms with Crippen molar-refractivity contribution in [3.05, 3.63) is 11.4 Å². The summed E-state index contributed by atoms with van der Waals surface area (Å²) in [6, 6.07) is -0.245. The molecule has 0 fully saturated rings. The fraction of sp³-hybridized carbons (Fsp3) is 0.769. The molecule has 0 radical (unpaired) electrons. The third kappa shape index (κ3) is 3.97. The lowest BCUT2D eigenvalue weighted by Crippen LogP contribution is -2.38. The molecule has 0 saturated carbocycles. The maximum Gasteiger partial charge on any atom is 0.246 e. The van der Waals surface area contributed by atoms with E-state index in [1.54, 1.807) is 32.7 Å². The molecule has 0 aliphatic heterocycles. The minimum absolute atomic E-state index is 0.245. The Bertz CT molecular complexity index is 571. The van der Waals surface area contributed by atoms with Crippen LogP contribution in [-0.2, 0) is 21.3 Å². The van der Waals surface area contributed by atoms with Gasteiger partial charge in [-0.2, -0.15) is 9.40 Å². The van der Waals surface area contributed by atoms with E-state index in [1.165, 1.54) is 4.31 Å². The third-order valence-electron chi connectivity index (χ3n) is 3.48. The first-order valence-corrected chi connectivity index (χ1v) is 8.81. The zero-order valence-electron chi connectivity index (χ0n) is 13.3. The van der Waals surface area contributed by atoms with Crippen LogP contribution >= 0.6 is 11.6 Å². The van der Waals surface area contributed by atoms with E-state index in [0.717, 1.165) is 6.42 Å². The van der Waals surface area contributed by atoms with Gasteiger partial charge in [0, 0.05) is 32.6 Å². The molecule has 1 aromatic heterocycles. The second-order valence-corrected chi connectivity index (χ2v) is 7.40. The molecule has 1 atom stereocenters. The van der Waals surface area contributed by atoms with Crippen molar-refractivity contribution in [2.24, 2.45) is 0 Å². The first-order chi connectivity index (χ1) is 9.77. The molecular formula is C13H24ClN3O3S. The van der Waals surface area contributed by atoms with Gasteiger partial charge in [-0.05, 0) is 27.2 Å². The molecule has 0 aromatic carbocycles. The van der Waals surface area contributed by atoms with Crippen molar-refractivity contribution in [2.75, 3.05) is 26.6 Å². The molecule has 0 spiro atoms. The highest BCUT2D eigenvalue weighted by atomic mass is 35.5. The number of halogens is 1. The topological polar surface area (TPSA) is 64.4 Å². The second kappa shape index (κ2) is 7.58. The number of alkyl halides is 1. The summed E-state index contributed by atoms with van der Waals surface area (Å²) in [4.78, 5) is 0.280. The monoisotopic (exact) mass is 337 g/mol. The summed E-state index contributed by atoms with van der Waals surface area (Å²) >= 11 is 5.69. The van der Waals surface area contributed by atoms with E-state index in [-0.39, 0.29) is 10.9 Å². The van der Waals surface area contributed by atoms with Crippen molar-refractivity contribution in [1.82, 2.24) is 14.1 Å². The van der Waals surface area contributed by atoms with Crippen LogP contribution in [0.4, 0.5) is 0 Å². The van der Waals surface area contributed by atoms with E-state index in [2.05, 4.69) is 5.10 Å². The molecule has 21 heavy (non-hydrogen) atoms. The van der Waals surface area contributed by atoms with Crippen LogP contribution < -0.4 is 0 Å². The van der Waals surface area contributed by atoms with Crippen LogP contribution in [0.25, 0.3) is 0 Å². The van der Waals surface area contributed by atoms with Crippen molar-refractivity contribution in [3.8, 4) is 0 Å². The van der Waals surface area contributed by atoms with Gasteiger partial charge in [0.25, 0.3) is 0 Å². The lowest BCUT2D eigenvalue weighted by atomic mass is 10.4. The highest BCUT2D eigenvalue weighted by Crippen LogP contribution is 2.24. The molecule has 1 rings (SSSR count). The highest BCUT2D eigenvalue weighted by Gasteiger charge is 2.31. The molecule has 0 saturated heterocycles. The van der Waals surface area contributed by atoms with Crippen LogP contribution in [0.5, 0.6) is 0 Å². The number of hydrogen-bond donors (Lipinski definition) is 0. The van der Waals surface area contributed by atoms with Crippen LogP contribution in [-0.4, -0.2) is 55.2 Å². The van der Waals surface area contributed by atoms with Gasteiger partial charge in [0.2, 0.25) is 10.0 Å². The van der Waals surface area contributed by atoms with Gasteiger partial charge in [-0.25, -0.2) is 8.42 Å². The fourth-order valence-electron chi connectivity index (χ4n) is 2.21.